The van der Waals surface area contributed by atoms with Crippen molar-refractivity contribution < 1.29 is 14.3 Å². The van der Waals surface area contributed by atoms with Crippen LogP contribution in [0.1, 0.15) is 30.9 Å². The van der Waals surface area contributed by atoms with Crippen molar-refractivity contribution >= 4 is 23.7 Å². The van der Waals surface area contributed by atoms with E-state index >= 15 is 0 Å². The Balaban J connectivity index is 1.56. The normalized spacial score (nSPS) is 22.9. The number of methoxy groups -OCH3 is 1. The number of ether oxygens (including phenoxy) is 1. The van der Waals surface area contributed by atoms with Gasteiger partial charge in [-0.2, -0.15) is 11.8 Å². The molecule has 1 aromatic carbocycles. The van der Waals surface area contributed by atoms with Crippen LogP contribution >= 0.6 is 11.8 Å². The molecule has 2 fully saturated rings. The summed E-state index contributed by atoms with van der Waals surface area (Å²) in [4.78, 5) is 33.2. The Morgan fingerprint density at radius 2 is 1.80 bits per heavy atom. The number of rotatable bonds is 7. The molecule has 164 valence electrons. The Kier molecular flexibility index (Phi) is 6.42. The molecule has 30 heavy (non-hydrogen) atoms. The minimum absolute atomic E-state index is 0.0126. The van der Waals surface area contributed by atoms with Gasteiger partial charge in [-0.3, -0.25) is 14.6 Å². The SMILES string of the molecule is COCCN1C(=O)N(C2Cc3ccccc3C2)C(=O)C12CCN(C(C)CSC)CC2. The first-order valence-electron chi connectivity index (χ1n) is 11.0. The smallest absolute Gasteiger partial charge is 0.328 e. The Labute approximate surface area is 183 Å². The number of piperidine rings is 1. The Morgan fingerprint density at radius 3 is 2.37 bits per heavy atom. The van der Waals surface area contributed by atoms with Crippen molar-refractivity contribution in [2.24, 2.45) is 0 Å². The van der Waals surface area contributed by atoms with Crippen LogP contribution in [-0.2, 0) is 22.4 Å². The number of hydrogen-bond acceptors (Lipinski definition) is 5. The van der Waals surface area contributed by atoms with Crippen LogP contribution in [0.3, 0.4) is 0 Å². The molecule has 3 amide bonds. The first-order valence-corrected chi connectivity index (χ1v) is 12.3. The standard InChI is InChI=1S/C23H33N3O3S/c1-17(16-30-3)24-10-8-23(9-11-24)21(27)26(22(28)25(23)12-13-29-2)20-14-18-6-4-5-7-19(18)15-20/h4-7,17,20H,8-16H2,1-3H3. The third-order valence-corrected chi connectivity index (χ3v) is 7.96. The first-order chi connectivity index (χ1) is 14.5. The highest BCUT2D eigenvalue weighted by molar-refractivity contribution is 7.98. The molecule has 0 saturated carbocycles. The summed E-state index contributed by atoms with van der Waals surface area (Å²) in [6, 6.07) is 8.59. The molecule has 1 spiro atoms. The highest BCUT2D eigenvalue weighted by Gasteiger charge is 2.59. The lowest BCUT2D eigenvalue weighted by Gasteiger charge is -2.44. The molecule has 2 aliphatic heterocycles. The van der Waals surface area contributed by atoms with Gasteiger partial charge in [0.2, 0.25) is 0 Å². The molecule has 0 N–H and O–H groups in total. The van der Waals surface area contributed by atoms with Gasteiger partial charge in [0.15, 0.2) is 0 Å². The Bertz CT molecular complexity index is 769. The number of amides is 3. The Hall–Kier alpha value is -1.57. The maximum Gasteiger partial charge on any atom is 0.328 e. The molecular weight excluding hydrogens is 398 g/mol. The van der Waals surface area contributed by atoms with Crippen molar-refractivity contribution in [3.63, 3.8) is 0 Å². The van der Waals surface area contributed by atoms with Crippen LogP contribution in [0.25, 0.3) is 0 Å². The number of nitrogens with zero attached hydrogens (tertiary/aromatic N) is 3. The van der Waals surface area contributed by atoms with Gasteiger partial charge in [0, 0.05) is 44.6 Å². The third-order valence-electron chi connectivity index (χ3n) is 7.14. The molecule has 1 unspecified atom stereocenters. The van der Waals surface area contributed by atoms with Crippen molar-refractivity contribution in [3.8, 4) is 0 Å². The van der Waals surface area contributed by atoms with Crippen LogP contribution in [-0.4, -0.2) is 89.6 Å². The molecule has 4 rings (SSSR count). The predicted molar refractivity (Wildman–Crippen MR) is 120 cm³/mol. The fourth-order valence-corrected chi connectivity index (χ4v) is 6.13. The van der Waals surface area contributed by atoms with Crippen LogP contribution < -0.4 is 0 Å². The second-order valence-electron chi connectivity index (χ2n) is 8.80. The fourth-order valence-electron chi connectivity index (χ4n) is 5.44. The average Bonchev–Trinajstić information content (AvgIpc) is 3.25. The summed E-state index contributed by atoms with van der Waals surface area (Å²) >= 11 is 1.85. The number of carbonyl (C=O) groups is 2. The lowest BCUT2D eigenvalue weighted by atomic mass is 9.85. The van der Waals surface area contributed by atoms with E-state index in [1.165, 1.54) is 11.1 Å². The summed E-state index contributed by atoms with van der Waals surface area (Å²) < 4.78 is 5.29. The molecule has 2 heterocycles. The number of urea groups is 1. The van der Waals surface area contributed by atoms with E-state index < -0.39 is 5.54 Å². The van der Waals surface area contributed by atoms with Crippen LogP contribution in [0, 0.1) is 0 Å². The van der Waals surface area contributed by atoms with Gasteiger partial charge in [-0.05, 0) is 50.0 Å². The van der Waals surface area contributed by atoms with Crippen molar-refractivity contribution in [3.05, 3.63) is 35.4 Å². The van der Waals surface area contributed by atoms with Crippen molar-refractivity contribution in [2.75, 3.05) is 45.4 Å². The molecule has 6 nitrogen and oxygen atoms in total. The highest BCUT2D eigenvalue weighted by Crippen LogP contribution is 2.40. The number of imide groups is 1. The van der Waals surface area contributed by atoms with E-state index in [-0.39, 0.29) is 18.0 Å². The Morgan fingerprint density at radius 1 is 1.17 bits per heavy atom. The molecule has 0 radical (unpaired) electrons. The average molecular weight is 432 g/mol. The van der Waals surface area contributed by atoms with Crippen molar-refractivity contribution in [1.29, 1.82) is 0 Å². The van der Waals surface area contributed by atoms with E-state index in [9.17, 15) is 9.59 Å². The molecule has 1 aromatic rings. The molecular formula is C23H33N3O3S. The molecule has 7 heteroatoms. The van der Waals surface area contributed by atoms with E-state index in [1.54, 1.807) is 12.0 Å². The maximum absolute atomic E-state index is 13.8. The molecule has 0 aromatic heterocycles. The van der Waals surface area contributed by atoms with E-state index in [0.29, 0.717) is 32.0 Å². The summed E-state index contributed by atoms with van der Waals surface area (Å²) in [6.45, 7) is 4.87. The van der Waals surface area contributed by atoms with Gasteiger partial charge in [0.25, 0.3) is 5.91 Å². The minimum Gasteiger partial charge on any atom is -0.383 e. The summed E-state index contributed by atoms with van der Waals surface area (Å²) in [7, 11) is 1.65. The fraction of sp³-hybridized carbons (Fsp3) is 0.652. The van der Waals surface area contributed by atoms with Gasteiger partial charge in [-0.15, -0.1) is 0 Å². The summed E-state index contributed by atoms with van der Waals surface area (Å²) in [6.07, 6.45) is 5.06. The number of hydrogen-bond donors (Lipinski definition) is 0. The molecule has 3 aliphatic rings. The number of carbonyl (C=O) groups excluding carboxylic acids is 2. The van der Waals surface area contributed by atoms with E-state index in [0.717, 1.165) is 31.7 Å². The first kappa shape index (κ1) is 21.7. The van der Waals surface area contributed by atoms with Gasteiger partial charge >= 0.3 is 6.03 Å². The van der Waals surface area contributed by atoms with Crippen molar-refractivity contribution in [1.82, 2.24) is 14.7 Å². The van der Waals surface area contributed by atoms with Crippen LogP contribution in [0.15, 0.2) is 24.3 Å². The van der Waals surface area contributed by atoms with E-state index in [4.69, 9.17) is 4.74 Å². The van der Waals surface area contributed by atoms with Gasteiger partial charge in [0.05, 0.1) is 6.61 Å². The lowest BCUT2D eigenvalue weighted by molar-refractivity contribution is -0.137. The van der Waals surface area contributed by atoms with Crippen LogP contribution in [0.5, 0.6) is 0 Å². The number of fused-ring (bicyclic) bond motifs is 1. The largest absolute Gasteiger partial charge is 0.383 e. The van der Waals surface area contributed by atoms with Crippen LogP contribution in [0.2, 0.25) is 0 Å². The molecule has 2 saturated heterocycles. The van der Waals surface area contributed by atoms with Gasteiger partial charge in [0.1, 0.15) is 5.54 Å². The zero-order chi connectivity index (χ0) is 21.3. The predicted octanol–water partition coefficient (Wildman–Crippen LogP) is 2.65. The molecule has 0 bridgehead atoms. The highest BCUT2D eigenvalue weighted by atomic mass is 32.2. The molecule has 1 aliphatic carbocycles. The molecule has 1 atom stereocenters. The third kappa shape index (κ3) is 3.65. The van der Waals surface area contributed by atoms with Gasteiger partial charge in [-0.1, -0.05) is 24.3 Å². The zero-order valence-corrected chi connectivity index (χ0v) is 19.1. The number of likely N-dealkylation sites (tertiary alicyclic amines) is 1. The zero-order valence-electron chi connectivity index (χ0n) is 18.3. The number of benzene rings is 1. The quantitative estimate of drug-likeness (QED) is 0.622. The second kappa shape index (κ2) is 8.89. The topological polar surface area (TPSA) is 53.1 Å². The summed E-state index contributed by atoms with van der Waals surface area (Å²) in [5, 5.41) is 0. The van der Waals surface area contributed by atoms with Gasteiger partial charge in [-0.25, -0.2) is 4.79 Å². The van der Waals surface area contributed by atoms with Gasteiger partial charge < -0.3 is 9.64 Å². The van der Waals surface area contributed by atoms with Crippen molar-refractivity contribution in [2.45, 2.75) is 50.2 Å². The summed E-state index contributed by atoms with van der Waals surface area (Å²) in [5.74, 6) is 1.10. The maximum atomic E-state index is 13.8. The van der Waals surface area contributed by atoms with E-state index in [1.807, 2.05) is 28.8 Å². The summed E-state index contributed by atoms with van der Waals surface area (Å²) in [5.41, 5.74) is 1.81. The van der Waals surface area contributed by atoms with E-state index in [2.05, 4.69) is 30.2 Å². The van der Waals surface area contributed by atoms with Crippen LogP contribution in [0.4, 0.5) is 4.79 Å². The monoisotopic (exact) mass is 431 g/mol. The minimum atomic E-state index is -0.708. The second-order valence-corrected chi connectivity index (χ2v) is 9.72. The lowest BCUT2D eigenvalue weighted by Crippen LogP contribution is -2.58. The number of thioether (sulfide) groups is 1.